The highest BCUT2D eigenvalue weighted by Gasteiger charge is 2.20. The third-order valence-electron chi connectivity index (χ3n) is 10.9. The minimum atomic E-state index is -4.54. The van der Waals surface area contributed by atoms with E-state index in [2.05, 4.69) is 98.9 Å². The summed E-state index contributed by atoms with van der Waals surface area (Å²) >= 11 is 0. The van der Waals surface area contributed by atoms with Gasteiger partial charge in [0.2, 0.25) is 0 Å². The average Bonchev–Trinajstić information content (AvgIpc) is 3.27. The summed E-state index contributed by atoms with van der Waals surface area (Å²) in [6.07, 6.45) is 64.6. The van der Waals surface area contributed by atoms with Crippen molar-refractivity contribution < 1.29 is 37.3 Å². The summed E-state index contributed by atoms with van der Waals surface area (Å²) in [6, 6.07) is 0. The van der Waals surface area contributed by atoms with Gasteiger partial charge in [0.05, 0.1) is 34.4 Å². The molecule has 0 aromatic rings. The second kappa shape index (κ2) is 48.1. The summed E-state index contributed by atoms with van der Waals surface area (Å²) in [7, 11) is 1.33. The molecule has 0 saturated carbocycles. The number of ether oxygens (including phenoxy) is 2. The van der Waals surface area contributed by atoms with Crippen LogP contribution in [0.4, 0.5) is 0 Å². The summed E-state index contributed by atoms with van der Waals surface area (Å²) in [5, 5.41) is 0. The number of rotatable bonds is 48. The first-order chi connectivity index (χ1) is 31.6. The third-order valence-corrected chi connectivity index (χ3v) is 11.9. The van der Waals surface area contributed by atoms with Crippen molar-refractivity contribution in [3.05, 3.63) is 85.1 Å². The number of carbonyl (C=O) groups is 1. The van der Waals surface area contributed by atoms with Gasteiger partial charge in [-0.05, 0) is 89.9 Å². The summed E-state index contributed by atoms with van der Waals surface area (Å²) in [4.78, 5) is 25.2. The van der Waals surface area contributed by atoms with E-state index in [1.165, 1.54) is 96.3 Å². The van der Waals surface area contributed by atoms with Gasteiger partial charge < -0.3 is 27.9 Å². The van der Waals surface area contributed by atoms with Gasteiger partial charge in [-0.25, -0.2) is 0 Å². The largest absolute Gasteiger partial charge is 0.756 e. The Morgan fingerprint density at radius 1 is 0.492 bits per heavy atom. The molecule has 8 nitrogen and oxygen atoms in total. The van der Waals surface area contributed by atoms with Crippen molar-refractivity contribution in [1.82, 2.24) is 0 Å². The maximum atomic E-state index is 12.8. The molecule has 0 rings (SSSR count). The Balaban J connectivity index is 4.20. The molecule has 0 spiro atoms. The van der Waals surface area contributed by atoms with E-state index in [1.54, 1.807) is 0 Å². The molecule has 0 radical (unpaired) electrons. The van der Waals surface area contributed by atoms with Gasteiger partial charge in [-0.3, -0.25) is 9.36 Å². The molecule has 0 aliphatic heterocycles. The van der Waals surface area contributed by atoms with E-state index in [4.69, 9.17) is 18.5 Å². The number of allylic oxidation sites excluding steroid dienone is 14. The predicted octanol–water partition coefficient (Wildman–Crippen LogP) is 15.8. The molecule has 0 aromatic carbocycles. The molecule has 0 fully saturated rings. The molecular formula is C56H100NO7P. The molecule has 0 amide bonds. The monoisotopic (exact) mass is 930 g/mol. The Labute approximate surface area is 401 Å². The highest BCUT2D eigenvalue weighted by atomic mass is 31.2. The van der Waals surface area contributed by atoms with Gasteiger partial charge in [-0.1, -0.05) is 195 Å². The van der Waals surface area contributed by atoms with E-state index < -0.39 is 13.9 Å². The fourth-order valence-electron chi connectivity index (χ4n) is 6.90. The molecule has 2 unspecified atom stereocenters. The van der Waals surface area contributed by atoms with Crippen LogP contribution >= 0.6 is 7.82 Å². The molecular weight excluding hydrogens is 830 g/mol. The summed E-state index contributed by atoms with van der Waals surface area (Å²) < 4.78 is 34.8. The van der Waals surface area contributed by atoms with Gasteiger partial charge >= 0.3 is 5.97 Å². The van der Waals surface area contributed by atoms with Crippen LogP contribution in [0.5, 0.6) is 0 Å². The van der Waals surface area contributed by atoms with E-state index in [-0.39, 0.29) is 32.2 Å². The van der Waals surface area contributed by atoms with Crippen LogP contribution in [0.15, 0.2) is 85.1 Å². The topological polar surface area (TPSA) is 94.1 Å². The number of phosphoric ester groups is 1. The van der Waals surface area contributed by atoms with E-state index >= 15 is 0 Å². The first-order valence-corrected chi connectivity index (χ1v) is 27.8. The van der Waals surface area contributed by atoms with Crippen molar-refractivity contribution in [2.75, 3.05) is 54.1 Å². The van der Waals surface area contributed by atoms with Gasteiger partial charge in [-0.15, -0.1) is 0 Å². The van der Waals surface area contributed by atoms with Crippen LogP contribution < -0.4 is 4.89 Å². The fraction of sp³-hybridized carbons (Fsp3) is 0.732. The van der Waals surface area contributed by atoms with Crippen LogP contribution in [0.25, 0.3) is 0 Å². The maximum absolute atomic E-state index is 12.8. The number of nitrogens with zero attached hydrogens (tertiary/aromatic N) is 1. The molecule has 0 bridgehead atoms. The lowest BCUT2D eigenvalue weighted by atomic mass is 10.1. The Kier molecular flexibility index (Phi) is 46.4. The first kappa shape index (κ1) is 62.7. The Hall–Kier alpha value is -2.32. The summed E-state index contributed by atoms with van der Waals surface area (Å²) in [5.74, 6) is -0.355. The second-order valence-corrected chi connectivity index (χ2v) is 19.9. The molecule has 65 heavy (non-hydrogen) atoms. The van der Waals surface area contributed by atoms with E-state index in [0.717, 1.165) is 89.9 Å². The average molecular weight is 930 g/mol. The SMILES string of the molecule is CC/C=C\C/C=C\C/C=C\C/C=C\C/C=C\CCCCCCCC(=O)OC(COCCCCCCCCCCCC/C=C\C/C=C\CCCCCCC)COP(=O)([O-])OCC[N+](C)(C)C. The Bertz CT molecular complexity index is 1310. The van der Waals surface area contributed by atoms with Crippen molar-refractivity contribution >= 4 is 13.8 Å². The number of esters is 1. The zero-order chi connectivity index (χ0) is 47.6. The van der Waals surface area contributed by atoms with Crippen LogP contribution in [-0.4, -0.2) is 70.7 Å². The van der Waals surface area contributed by atoms with Gasteiger partial charge in [0.15, 0.2) is 0 Å². The van der Waals surface area contributed by atoms with Crippen LogP contribution in [0, 0.1) is 0 Å². The molecule has 0 heterocycles. The Morgan fingerprint density at radius 3 is 1.34 bits per heavy atom. The molecule has 0 aromatic heterocycles. The molecule has 0 aliphatic carbocycles. The minimum Gasteiger partial charge on any atom is -0.756 e. The highest BCUT2D eigenvalue weighted by Crippen LogP contribution is 2.38. The maximum Gasteiger partial charge on any atom is 0.306 e. The first-order valence-electron chi connectivity index (χ1n) is 26.3. The lowest BCUT2D eigenvalue weighted by molar-refractivity contribution is -0.870. The Morgan fingerprint density at radius 2 is 0.892 bits per heavy atom. The number of hydrogen-bond donors (Lipinski definition) is 0. The highest BCUT2D eigenvalue weighted by molar-refractivity contribution is 7.45. The van der Waals surface area contributed by atoms with Crippen molar-refractivity contribution in [3.8, 4) is 0 Å². The molecule has 0 N–H and O–H groups in total. The van der Waals surface area contributed by atoms with Crippen LogP contribution in [0.2, 0.25) is 0 Å². The van der Waals surface area contributed by atoms with Crippen molar-refractivity contribution in [2.24, 2.45) is 0 Å². The van der Waals surface area contributed by atoms with Gasteiger partial charge in [-0.2, -0.15) is 0 Å². The number of likely N-dealkylation sites (N-methyl/N-ethyl adjacent to an activating group) is 1. The fourth-order valence-corrected chi connectivity index (χ4v) is 7.63. The number of unbranched alkanes of at least 4 members (excludes halogenated alkanes) is 20. The van der Waals surface area contributed by atoms with E-state index in [9.17, 15) is 14.3 Å². The van der Waals surface area contributed by atoms with Crippen LogP contribution in [0.1, 0.15) is 206 Å². The van der Waals surface area contributed by atoms with Gasteiger partial charge in [0, 0.05) is 13.0 Å². The molecule has 0 saturated heterocycles. The van der Waals surface area contributed by atoms with Crippen LogP contribution in [0.3, 0.4) is 0 Å². The van der Waals surface area contributed by atoms with Crippen molar-refractivity contribution in [3.63, 3.8) is 0 Å². The molecule has 9 heteroatoms. The standard InChI is InChI=1S/C56H100NO7P/c1-6-8-10-12-14-16-18-20-22-24-26-28-30-32-34-36-38-40-42-44-46-48-51-61-53-55(54-63-65(59,60)62-52-50-57(3,4)5)64-56(58)49-47-45-43-41-39-37-35-33-31-29-27-25-23-21-19-17-15-13-11-9-7-2/h9,11,15,17-18,20-21,23-24,26-27,29,33,35,55H,6-8,10,12-14,16,19,22,25,28,30-32,34,36-54H2,1-5H3/b11-9-,17-15-,20-18-,23-21-,26-24-,29-27-,35-33-. The molecule has 0 aliphatic rings. The quantitative estimate of drug-likeness (QED) is 0.0197. The van der Waals surface area contributed by atoms with Crippen molar-refractivity contribution in [1.29, 1.82) is 0 Å². The van der Waals surface area contributed by atoms with Gasteiger partial charge in [0.1, 0.15) is 19.3 Å². The smallest absolute Gasteiger partial charge is 0.306 e. The normalized spacial score (nSPS) is 14.2. The second-order valence-electron chi connectivity index (χ2n) is 18.5. The summed E-state index contributed by atoms with van der Waals surface area (Å²) in [6.45, 7) is 5.25. The third kappa shape index (κ3) is 52.5. The number of carbonyl (C=O) groups excluding carboxylic acids is 1. The predicted molar refractivity (Wildman–Crippen MR) is 277 cm³/mol. The zero-order valence-electron chi connectivity index (χ0n) is 42.7. The lowest BCUT2D eigenvalue weighted by Crippen LogP contribution is -2.37. The molecule has 376 valence electrons. The summed E-state index contributed by atoms with van der Waals surface area (Å²) in [5.41, 5.74) is 0. The molecule has 2 atom stereocenters. The number of phosphoric acid groups is 1. The zero-order valence-corrected chi connectivity index (χ0v) is 43.6. The number of quaternary nitrogens is 1. The van der Waals surface area contributed by atoms with Crippen molar-refractivity contribution in [2.45, 2.75) is 213 Å². The van der Waals surface area contributed by atoms with Gasteiger partial charge in [0.25, 0.3) is 7.82 Å². The van der Waals surface area contributed by atoms with E-state index in [1.807, 2.05) is 21.1 Å². The minimum absolute atomic E-state index is 0.0171. The van der Waals surface area contributed by atoms with E-state index in [0.29, 0.717) is 17.6 Å². The van der Waals surface area contributed by atoms with Crippen LogP contribution in [-0.2, 0) is 27.9 Å². The number of hydrogen-bond acceptors (Lipinski definition) is 7. The lowest BCUT2D eigenvalue weighted by Gasteiger charge is -2.28.